The van der Waals surface area contributed by atoms with Crippen LogP contribution in [0.15, 0.2) is 30.3 Å². The molecule has 2 heteroatoms. The molecule has 0 unspecified atom stereocenters. The van der Waals surface area contributed by atoms with Crippen LogP contribution in [0.4, 0.5) is 0 Å². The molecule has 0 bridgehead atoms. The topological polar surface area (TPSA) is 29.5 Å². The number of hydrogen-bond acceptors (Lipinski definition) is 2. The van der Waals surface area contributed by atoms with E-state index in [1.807, 2.05) is 25.1 Å². The SMILES string of the molecule is CC[C@H](O)CCCCOCc1ccccc1. The van der Waals surface area contributed by atoms with Gasteiger partial charge in [0.1, 0.15) is 0 Å². The molecule has 0 fully saturated rings. The van der Waals surface area contributed by atoms with E-state index in [1.54, 1.807) is 0 Å². The highest BCUT2D eigenvalue weighted by molar-refractivity contribution is 5.13. The Morgan fingerprint density at radius 3 is 2.62 bits per heavy atom. The van der Waals surface area contributed by atoms with Crippen molar-refractivity contribution >= 4 is 0 Å². The van der Waals surface area contributed by atoms with Gasteiger partial charge in [0.2, 0.25) is 0 Å². The minimum atomic E-state index is -0.130. The molecule has 0 heterocycles. The lowest BCUT2D eigenvalue weighted by Gasteiger charge is -2.07. The van der Waals surface area contributed by atoms with Crippen molar-refractivity contribution in [3.63, 3.8) is 0 Å². The van der Waals surface area contributed by atoms with E-state index < -0.39 is 0 Å². The Balaban J connectivity index is 1.96. The number of aliphatic hydroxyl groups excluding tert-OH is 1. The largest absolute Gasteiger partial charge is 0.393 e. The molecule has 0 amide bonds. The molecule has 1 atom stereocenters. The summed E-state index contributed by atoms with van der Waals surface area (Å²) in [6, 6.07) is 10.2. The highest BCUT2D eigenvalue weighted by Crippen LogP contribution is 2.05. The summed E-state index contributed by atoms with van der Waals surface area (Å²) in [6.45, 7) is 3.49. The Labute approximate surface area is 98.3 Å². The molecule has 0 saturated carbocycles. The number of ether oxygens (including phenoxy) is 1. The number of hydrogen-bond donors (Lipinski definition) is 1. The fourth-order valence-electron chi connectivity index (χ4n) is 1.55. The third-order valence-electron chi connectivity index (χ3n) is 2.66. The van der Waals surface area contributed by atoms with Gasteiger partial charge in [0.15, 0.2) is 0 Å². The molecule has 90 valence electrons. The molecule has 16 heavy (non-hydrogen) atoms. The van der Waals surface area contributed by atoms with Crippen molar-refractivity contribution in [2.45, 2.75) is 45.3 Å². The van der Waals surface area contributed by atoms with Crippen molar-refractivity contribution in [2.24, 2.45) is 0 Å². The monoisotopic (exact) mass is 222 g/mol. The molecular formula is C14H22O2. The molecule has 1 rings (SSSR count). The van der Waals surface area contributed by atoms with Crippen LogP contribution < -0.4 is 0 Å². The van der Waals surface area contributed by atoms with Crippen LogP contribution in [-0.2, 0) is 11.3 Å². The van der Waals surface area contributed by atoms with E-state index in [4.69, 9.17) is 4.74 Å². The third-order valence-corrected chi connectivity index (χ3v) is 2.66. The molecule has 0 spiro atoms. The first-order chi connectivity index (χ1) is 7.83. The Kier molecular flexibility index (Phi) is 6.86. The van der Waals surface area contributed by atoms with Gasteiger partial charge in [-0.15, -0.1) is 0 Å². The van der Waals surface area contributed by atoms with Crippen LogP contribution >= 0.6 is 0 Å². The standard InChI is InChI=1S/C14H22O2/c1-2-14(15)10-6-7-11-16-12-13-8-4-3-5-9-13/h3-5,8-9,14-15H,2,6-7,10-12H2,1H3/t14-/m0/s1. The Hall–Kier alpha value is -0.860. The number of unbranched alkanes of at least 4 members (excludes halogenated alkanes) is 1. The first kappa shape index (κ1) is 13.2. The summed E-state index contributed by atoms with van der Waals surface area (Å²) in [7, 11) is 0. The molecule has 0 saturated heterocycles. The maximum atomic E-state index is 9.35. The van der Waals surface area contributed by atoms with E-state index in [9.17, 15) is 5.11 Å². The molecule has 0 aliphatic heterocycles. The van der Waals surface area contributed by atoms with Crippen LogP contribution in [0.2, 0.25) is 0 Å². The number of benzene rings is 1. The van der Waals surface area contributed by atoms with Crippen LogP contribution in [0.25, 0.3) is 0 Å². The van der Waals surface area contributed by atoms with Crippen LogP contribution in [-0.4, -0.2) is 17.8 Å². The average Bonchev–Trinajstić information content (AvgIpc) is 2.34. The van der Waals surface area contributed by atoms with Crippen molar-refractivity contribution in [3.8, 4) is 0 Å². The molecule has 1 N–H and O–H groups in total. The summed E-state index contributed by atoms with van der Waals surface area (Å²) in [5, 5.41) is 9.35. The third kappa shape index (κ3) is 5.89. The fraction of sp³-hybridized carbons (Fsp3) is 0.571. The van der Waals surface area contributed by atoms with Gasteiger partial charge in [-0.05, 0) is 31.2 Å². The summed E-state index contributed by atoms with van der Waals surface area (Å²) >= 11 is 0. The van der Waals surface area contributed by atoms with Crippen LogP contribution in [0.1, 0.15) is 38.2 Å². The minimum absolute atomic E-state index is 0.130. The Morgan fingerprint density at radius 2 is 1.94 bits per heavy atom. The second-order valence-corrected chi connectivity index (χ2v) is 4.10. The summed E-state index contributed by atoms with van der Waals surface area (Å²) in [6.07, 6.45) is 3.69. The van der Waals surface area contributed by atoms with Gasteiger partial charge >= 0.3 is 0 Å². The van der Waals surface area contributed by atoms with Crippen molar-refractivity contribution in [1.29, 1.82) is 0 Å². The first-order valence-electron chi connectivity index (χ1n) is 6.12. The summed E-state index contributed by atoms with van der Waals surface area (Å²) in [4.78, 5) is 0. The van der Waals surface area contributed by atoms with E-state index in [0.29, 0.717) is 6.61 Å². The van der Waals surface area contributed by atoms with Gasteiger partial charge in [-0.2, -0.15) is 0 Å². The van der Waals surface area contributed by atoms with Crippen LogP contribution in [0.3, 0.4) is 0 Å². The van der Waals surface area contributed by atoms with Gasteiger partial charge in [0.05, 0.1) is 12.7 Å². The average molecular weight is 222 g/mol. The second-order valence-electron chi connectivity index (χ2n) is 4.10. The lowest BCUT2D eigenvalue weighted by atomic mass is 10.1. The molecule has 1 aromatic carbocycles. The van der Waals surface area contributed by atoms with E-state index in [1.165, 1.54) is 5.56 Å². The summed E-state index contributed by atoms with van der Waals surface area (Å²) in [5.74, 6) is 0. The molecule has 0 aromatic heterocycles. The van der Waals surface area contributed by atoms with Gasteiger partial charge in [0, 0.05) is 6.61 Å². The normalized spacial score (nSPS) is 12.6. The Morgan fingerprint density at radius 1 is 1.19 bits per heavy atom. The second kappa shape index (κ2) is 8.31. The van der Waals surface area contributed by atoms with E-state index in [-0.39, 0.29) is 6.10 Å². The maximum Gasteiger partial charge on any atom is 0.0716 e. The molecule has 0 aliphatic rings. The smallest absolute Gasteiger partial charge is 0.0716 e. The zero-order valence-corrected chi connectivity index (χ0v) is 10.1. The van der Waals surface area contributed by atoms with Crippen molar-refractivity contribution < 1.29 is 9.84 Å². The summed E-state index contributed by atoms with van der Waals surface area (Å²) in [5.41, 5.74) is 1.22. The Bertz CT molecular complexity index is 259. The molecule has 2 nitrogen and oxygen atoms in total. The predicted octanol–water partition coefficient (Wildman–Crippen LogP) is 3.14. The first-order valence-corrected chi connectivity index (χ1v) is 6.12. The van der Waals surface area contributed by atoms with Gasteiger partial charge in [0.25, 0.3) is 0 Å². The van der Waals surface area contributed by atoms with Gasteiger partial charge in [-0.3, -0.25) is 0 Å². The van der Waals surface area contributed by atoms with E-state index in [2.05, 4.69) is 12.1 Å². The lowest BCUT2D eigenvalue weighted by molar-refractivity contribution is 0.109. The molecule has 0 aliphatic carbocycles. The zero-order chi connectivity index (χ0) is 11.6. The zero-order valence-electron chi connectivity index (χ0n) is 10.1. The van der Waals surface area contributed by atoms with Crippen molar-refractivity contribution in [2.75, 3.05) is 6.61 Å². The maximum absolute atomic E-state index is 9.35. The minimum Gasteiger partial charge on any atom is -0.393 e. The van der Waals surface area contributed by atoms with Gasteiger partial charge in [-0.1, -0.05) is 37.3 Å². The van der Waals surface area contributed by atoms with Crippen molar-refractivity contribution in [3.05, 3.63) is 35.9 Å². The van der Waals surface area contributed by atoms with E-state index in [0.717, 1.165) is 32.3 Å². The molecule has 1 aromatic rings. The molecule has 0 radical (unpaired) electrons. The molecular weight excluding hydrogens is 200 g/mol. The number of aliphatic hydroxyl groups is 1. The summed E-state index contributed by atoms with van der Waals surface area (Å²) < 4.78 is 5.55. The van der Waals surface area contributed by atoms with Crippen molar-refractivity contribution in [1.82, 2.24) is 0 Å². The predicted molar refractivity (Wildman–Crippen MR) is 66.2 cm³/mol. The van der Waals surface area contributed by atoms with E-state index >= 15 is 0 Å². The van der Waals surface area contributed by atoms with Crippen LogP contribution in [0.5, 0.6) is 0 Å². The van der Waals surface area contributed by atoms with Gasteiger partial charge in [-0.25, -0.2) is 0 Å². The number of rotatable bonds is 8. The highest BCUT2D eigenvalue weighted by Gasteiger charge is 1.99. The van der Waals surface area contributed by atoms with Crippen LogP contribution in [0, 0.1) is 0 Å². The quantitative estimate of drug-likeness (QED) is 0.685. The van der Waals surface area contributed by atoms with Gasteiger partial charge < -0.3 is 9.84 Å². The highest BCUT2D eigenvalue weighted by atomic mass is 16.5. The lowest BCUT2D eigenvalue weighted by Crippen LogP contribution is -2.04. The fourth-order valence-corrected chi connectivity index (χ4v) is 1.55.